The van der Waals surface area contributed by atoms with E-state index < -0.39 is 0 Å². The van der Waals surface area contributed by atoms with Crippen LogP contribution in [0.25, 0.3) is 6.08 Å². The van der Waals surface area contributed by atoms with Gasteiger partial charge in [-0.3, -0.25) is 4.90 Å². The molecule has 1 aliphatic heterocycles. The van der Waals surface area contributed by atoms with Crippen LogP contribution in [0.2, 0.25) is 0 Å². The Bertz CT molecular complexity index is 696. The molecule has 1 saturated heterocycles. The summed E-state index contributed by atoms with van der Waals surface area (Å²) in [6, 6.07) is 6.51. The van der Waals surface area contributed by atoms with Gasteiger partial charge in [-0.15, -0.1) is 10.2 Å². The van der Waals surface area contributed by atoms with Crippen LogP contribution in [0, 0.1) is 5.82 Å². The van der Waals surface area contributed by atoms with Crippen LogP contribution >= 0.6 is 0 Å². The number of hydrogen-bond acceptors (Lipinski definition) is 4. The molecule has 2 heterocycles. The smallest absolute Gasteiger partial charge is 0.158 e. The molecule has 2 aromatic rings. The van der Waals surface area contributed by atoms with Gasteiger partial charge in [0.05, 0.1) is 0 Å². The molecule has 1 aliphatic rings. The zero-order valence-corrected chi connectivity index (χ0v) is 13.9. The van der Waals surface area contributed by atoms with Gasteiger partial charge in [-0.25, -0.2) is 4.39 Å². The van der Waals surface area contributed by atoms with Crippen LogP contribution in [-0.4, -0.2) is 44.4 Å². The van der Waals surface area contributed by atoms with E-state index in [0.717, 1.165) is 43.9 Å². The van der Waals surface area contributed by atoms with Crippen molar-refractivity contribution < 1.29 is 9.50 Å². The van der Waals surface area contributed by atoms with Crippen LogP contribution in [0.1, 0.15) is 36.0 Å². The average Bonchev–Trinajstić information content (AvgIpc) is 2.98. The summed E-state index contributed by atoms with van der Waals surface area (Å²) in [6.07, 6.45) is 6.35. The standard InChI is InChI=1S/C18H23FN4O/c1-22-17(13-24)20-21-18(22)15-5-3-11-23(12-15)10-2-4-14-6-8-16(19)9-7-14/h2,4,6-9,15,24H,3,5,10-13H2,1H3/b4-2+/t15-/m0/s1. The van der Waals surface area contributed by atoms with Crippen LogP contribution < -0.4 is 0 Å². The molecule has 0 radical (unpaired) electrons. The van der Waals surface area contributed by atoms with Gasteiger partial charge in [-0.2, -0.15) is 0 Å². The molecule has 128 valence electrons. The van der Waals surface area contributed by atoms with E-state index in [2.05, 4.69) is 21.2 Å². The number of hydrogen-bond donors (Lipinski definition) is 1. The Kier molecular flexibility index (Phi) is 5.37. The van der Waals surface area contributed by atoms with Crippen LogP contribution in [0.5, 0.6) is 0 Å². The number of likely N-dealkylation sites (tertiary alicyclic amines) is 1. The van der Waals surface area contributed by atoms with Gasteiger partial charge in [0.2, 0.25) is 0 Å². The Morgan fingerprint density at radius 1 is 1.29 bits per heavy atom. The fourth-order valence-corrected chi connectivity index (χ4v) is 3.21. The van der Waals surface area contributed by atoms with Gasteiger partial charge in [0, 0.05) is 26.1 Å². The molecular weight excluding hydrogens is 307 g/mol. The lowest BCUT2D eigenvalue weighted by Crippen LogP contribution is -2.35. The molecule has 0 bridgehead atoms. The SMILES string of the molecule is Cn1c(CO)nnc1[C@H]1CCCN(C/C=C/c2ccc(F)cc2)C1. The van der Waals surface area contributed by atoms with Gasteiger partial charge >= 0.3 is 0 Å². The summed E-state index contributed by atoms with van der Waals surface area (Å²) in [7, 11) is 1.91. The maximum atomic E-state index is 12.9. The van der Waals surface area contributed by atoms with Crippen molar-refractivity contribution in [1.29, 1.82) is 0 Å². The Labute approximate surface area is 141 Å². The van der Waals surface area contributed by atoms with E-state index in [1.165, 1.54) is 12.1 Å². The fourth-order valence-electron chi connectivity index (χ4n) is 3.21. The Balaban J connectivity index is 1.59. The molecule has 24 heavy (non-hydrogen) atoms. The predicted octanol–water partition coefficient (Wildman–Crippen LogP) is 2.34. The van der Waals surface area contributed by atoms with Crippen molar-refractivity contribution >= 4 is 6.08 Å². The molecule has 0 amide bonds. The minimum atomic E-state index is -0.211. The van der Waals surface area contributed by atoms with Gasteiger partial charge < -0.3 is 9.67 Å². The quantitative estimate of drug-likeness (QED) is 0.914. The maximum absolute atomic E-state index is 12.9. The Morgan fingerprint density at radius 3 is 2.79 bits per heavy atom. The van der Waals surface area contributed by atoms with E-state index in [4.69, 9.17) is 0 Å². The molecule has 1 atom stereocenters. The number of aliphatic hydroxyl groups is 1. The molecule has 0 aliphatic carbocycles. The van der Waals surface area contributed by atoms with E-state index >= 15 is 0 Å². The third kappa shape index (κ3) is 3.88. The first kappa shape index (κ1) is 16.8. The molecule has 5 nitrogen and oxygen atoms in total. The van der Waals surface area contributed by atoms with Crippen molar-refractivity contribution in [2.75, 3.05) is 19.6 Å². The minimum absolute atomic E-state index is 0.0830. The molecule has 3 rings (SSSR count). The van der Waals surface area contributed by atoms with E-state index in [1.54, 1.807) is 12.1 Å². The number of rotatable bonds is 5. The highest BCUT2D eigenvalue weighted by Gasteiger charge is 2.25. The highest BCUT2D eigenvalue weighted by Crippen LogP contribution is 2.25. The third-order valence-electron chi connectivity index (χ3n) is 4.55. The van der Waals surface area contributed by atoms with Crippen LogP contribution in [0.4, 0.5) is 4.39 Å². The van der Waals surface area contributed by atoms with Crippen molar-refractivity contribution in [2.24, 2.45) is 7.05 Å². The summed E-state index contributed by atoms with van der Waals surface area (Å²) in [4.78, 5) is 2.39. The van der Waals surface area contributed by atoms with Crippen molar-refractivity contribution in [3.05, 3.63) is 53.4 Å². The molecule has 1 fully saturated rings. The van der Waals surface area contributed by atoms with E-state index in [1.807, 2.05) is 17.7 Å². The number of halogens is 1. The van der Waals surface area contributed by atoms with Crippen molar-refractivity contribution in [2.45, 2.75) is 25.4 Å². The maximum Gasteiger partial charge on any atom is 0.158 e. The number of nitrogens with zero attached hydrogens (tertiary/aromatic N) is 4. The van der Waals surface area contributed by atoms with E-state index in [0.29, 0.717) is 11.7 Å². The molecule has 0 unspecified atom stereocenters. The van der Waals surface area contributed by atoms with E-state index in [-0.39, 0.29) is 12.4 Å². The second-order valence-electron chi connectivity index (χ2n) is 6.24. The number of benzene rings is 1. The van der Waals surface area contributed by atoms with Crippen molar-refractivity contribution in [3.8, 4) is 0 Å². The lowest BCUT2D eigenvalue weighted by Gasteiger charge is -2.31. The lowest BCUT2D eigenvalue weighted by atomic mass is 9.97. The van der Waals surface area contributed by atoms with Crippen LogP contribution in [0.15, 0.2) is 30.3 Å². The minimum Gasteiger partial charge on any atom is -0.388 e. The fraction of sp³-hybridized carbons (Fsp3) is 0.444. The molecule has 0 saturated carbocycles. The zero-order valence-electron chi connectivity index (χ0n) is 13.9. The highest BCUT2D eigenvalue weighted by atomic mass is 19.1. The monoisotopic (exact) mass is 330 g/mol. The molecule has 1 N–H and O–H groups in total. The van der Waals surface area contributed by atoms with Gasteiger partial charge in [0.25, 0.3) is 0 Å². The Morgan fingerprint density at radius 2 is 2.08 bits per heavy atom. The highest BCUT2D eigenvalue weighted by molar-refractivity contribution is 5.48. The van der Waals surface area contributed by atoms with E-state index in [9.17, 15) is 9.50 Å². The number of piperidine rings is 1. The number of aliphatic hydroxyl groups excluding tert-OH is 1. The van der Waals surface area contributed by atoms with Crippen LogP contribution in [-0.2, 0) is 13.7 Å². The normalized spacial score (nSPS) is 19.2. The third-order valence-corrected chi connectivity index (χ3v) is 4.55. The van der Waals surface area contributed by atoms with Crippen LogP contribution in [0.3, 0.4) is 0 Å². The van der Waals surface area contributed by atoms with Crippen molar-refractivity contribution in [1.82, 2.24) is 19.7 Å². The first-order valence-corrected chi connectivity index (χ1v) is 8.31. The Hall–Kier alpha value is -2.05. The summed E-state index contributed by atoms with van der Waals surface area (Å²) in [6.45, 7) is 2.78. The summed E-state index contributed by atoms with van der Waals surface area (Å²) >= 11 is 0. The second-order valence-corrected chi connectivity index (χ2v) is 6.24. The topological polar surface area (TPSA) is 54.2 Å². The largest absolute Gasteiger partial charge is 0.388 e. The average molecular weight is 330 g/mol. The van der Waals surface area contributed by atoms with Crippen molar-refractivity contribution in [3.63, 3.8) is 0 Å². The van der Waals surface area contributed by atoms with Gasteiger partial charge in [0.15, 0.2) is 5.82 Å². The molecule has 0 spiro atoms. The summed E-state index contributed by atoms with van der Waals surface area (Å²) in [5, 5.41) is 17.6. The molecule has 1 aromatic carbocycles. The molecule has 6 heteroatoms. The molecular formula is C18H23FN4O. The first-order chi connectivity index (χ1) is 11.7. The first-order valence-electron chi connectivity index (χ1n) is 8.31. The second kappa shape index (κ2) is 7.68. The summed E-state index contributed by atoms with van der Waals surface area (Å²) in [5.74, 6) is 1.69. The zero-order chi connectivity index (χ0) is 16.9. The lowest BCUT2D eigenvalue weighted by molar-refractivity contribution is 0.221. The summed E-state index contributed by atoms with van der Waals surface area (Å²) in [5.41, 5.74) is 1.01. The molecule has 1 aromatic heterocycles. The van der Waals surface area contributed by atoms with Gasteiger partial charge in [-0.05, 0) is 37.1 Å². The predicted molar refractivity (Wildman–Crippen MR) is 90.8 cm³/mol. The summed E-state index contributed by atoms with van der Waals surface area (Å²) < 4.78 is 14.8. The number of aromatic nitrogens is 3. The van der Waals surface area contributed by atoms with Gasteiger partial charge in [0.1, 0.15) is 18.2 Å². The van der Waals surface area contributed by atoms with Gasteiger partial charge in [-0.1, -0.05) is 24.3 Å².